The maximum atomic E-state index is 12.5. The van der Waals surface area contributed by atoms with E-state index in [0.29, 0.717) is 29.4 Å². The molecule has 1 heterocycles. The molecule has 9 heteroatoms. The summed E-state index contributed by atoms with van der Waals surface area (Å²) in [5, 5.41) is 0.414. The van der Waals surface area contributed by atoms with Crippen LogP contribution < -0.4 is 10.5 Å². The second-order valence-electron chi connectivity index (χ2n) is 5.26. The highest BCUT2D eigenvalue weighted by Crippen LogP contribution is 2.22. The van der Waals surface area contributed by atoms with Crippen LogP contribution in [0.25, 0.3) is 11.1 Å². The first-order valence-corrected chi connectivity index (χ1v) is 9.17. The third-order valence-corrected chi connectivity index (χ3v) is 5.16. The molecule has 0 spiro atoms. The lowest BCUT2D eigenvalue weighted by Crippen LogP contribution is -2.17. The second kappa shape index (κ2) is 6.91. The lowest BCUT2D eigenvalue weighted by Gasteiger charge is -2.08. The predicted octanol–water partition coefficient (Wildman–Crippen LogP) is 2.70. The molecular weight excluding hydrogens is 368 g/mol. The summed E-state index contributed by atoms with van der Waals surface area (Å²) >= 11 is 5.86. The largest absolute Gasteiger partial charge is 0.420 e. The molecule has 1 aromatic heterocycles. The van der Waals surface area contributed by atoms with Gasteiger partial charge in [0, 0.05) is 18.2 Å². The van der Waals surface area contributed by atoms with E-state index in [1.165, 1.54) is 35.9 Å². The van der Waals surface area contributed by atoms with Gasteiger partial charge < -0.3 is 9.15 Å². The average molecular weight is 383 g/mol. The number of ether oxygens (including phenoxy) is 1. The Morgan fingerprint density at radius 2 is 2.04 bits per heavy atom. The summed E-state index contributed by atoms with van der Waals surface area (Å²) in [6.07, 6.45) is 0. The van der Waals surface area contributed by atoms with E-state index in [9.17, 15) is 13.2 Å². The molecule has 0 saturated heterocycles. The molecule has 0 aliphatic heterocycles. The Bertz CT molecular complexity index is 1070. The van der Waals surface area contributed by atoms with Gasteiger partial charge in [-0.2, -0.15) is 0 Å². The van der Waals surface area contributed by atoms with Gasteiger partial charge in [-0.05, 0) is 30.3 Å². The molecule has 0 atom stereocenters. The Balaban J connectivity index is 1.97. The van der Waals surface area contributed by atoms with Crippen molar-refractivity contribution >= 4 is 38.4 Å². The Kier molecular flexibility index (Phi) is 4.85. The normalized spacial score (nSPS) is 11.8. The highest BCUT2D eigenvalue weighted by Gasteiger charge is 2.18. The fourth-order valence-corrected chi connectivity index (χ4v) is 3.63. The van der Waals surface area contributed by atoms with Crippen LogP contribution in [0.5, 0.6) is 0 Å². The van der Waals surface area contributed by atoms with Crippen LogP contribution in [-0.4, -0.2) is 26.7 Å². The van der Waals surface area contributed by atoms with Crippen molar-refractivity contribution in [2.75, 3.05) is 18.4 Å². The molecule has 0 fully saturated rings. The fraction of sp³-hybridized carbons (Fsp3) is 0.188. The van der Waals surface area contributed by atoms with E-state index >= 15 is 0 Å². The van der Waals surface area contributed by atoms with Gasteiger partial charge in [0.25, 0.3) is 10.0 Å². The number of hydrogen-bond donors (Lipinski definition) is 1. The predicted molar refractivity (Wildman–Crippen MR) is 94.6 cm³/mol. The van der Waals surface area contributed by atoms with Gasteiger partial charge in [0.1, 0.15) is 0 Å². The van der Waals surface area contributed by atoms with Gasteiger partial charge in [-0.1, -0.05) is 17.7 Å². The number of sulfonamides is 1. The SMILES string of the molecule is COCCn1c(=O)oc2cc(S(=O)(=O)Nc3cccc(Cl)c3)ccc21. The number of benzene rings is 2. The standard InChI is InChI=1S/C16H15ClN2O5S/c1-23-8-7-19-14-6-5-13(10-15(14)24-16(19)20)25(21,22)18-12-4-2-3-11(17)9-12/h2-6,9-10,18H,7-8H2,1H3. The molecule has 0 unspecified atom stereocenters. The van der Waals surface area contributed by atoms with E-state index in [-0.39, 0.29) is 10.5 Å². The molecular formula is C16H15ClN2O5S. The molecule has 0 amide bonds. The maximum Gasteiger partial charge on any atom is 0.420 e. The van der Waals surface area contributed by atoms with Gasteiger partial charge in [0.2, 0.25) is 0 Å². The van der Waals surface area contributed by atoms with Crippen molar-refractivity contribution in [1.29, 1.82) is 0 Å². The summed E-state index contributed by atoms with van der Waals surface area (Å²) < 4.78 is 39.0. The Morgan fingerprint density at radius 1 is 1.24 bits per heavy atom. The number of hydrogen-bond acceptors (Lipinski definition) is 5. The first-order chi connectivity index (χ1) is 11.9. The van der Waals surface area contributed by atoms with E-state index in [1.807, 2.05) is 0 Å². The van der Waals surface area contributed by atoms with Crippen molar-refractivity contribution < 1.29 is 17.6 Å². The lowest BCUT2D eigenvalue weighted by atomic mass is 10.3. The minimum Gasteiger partial charge on any atom is -0.408 e. The molecule has 0 saturated carbocycles. The van der Waals surface area contributed by atoms with Gasteiger partial charge in [0.15, 0.2) is 5.58 Å². The van der Waals surface area contributed by atoms with Crippen LogP contribution in [0.4, 0.5) is 5.69 Å². The fourth-order valence-electron chi connectivity index (χ4n) is 2.37. The number of aromatic nitrogens is 1. The van der Waals surface area contributed by atoms with Crippen LogP contribution in [0.15, 0.2) is 56.6 Å². The average Bonchev–Trinajstić information content (AvgIpc) is 2.87. The Labute approximate surface area is 148 Å². The number of oxazole rings is 1. The van der Waals surface area contributed by atoms with Crippen molar-refractivity contribution in [3.8, 4) is 0 Å². The second-order valence-corrected chi connectivity index (χ2v) is 7.38. The van der Waals surface area contributed by atoms with E-state index in [0.717, 1.165) is 0 Å². The zero-order valence-corrected chi connectivity index (χ0v) is 14.8. The number of halogens is 1. The zero-order valence-electron chi connectivity index (χ0n) is 13.2. The third kappa shape index (κ3) is 3.71. The van der Waals surface area contributed by atoms with Crippen LogP contribution in [0.2, 0.25) is 5.02 Å². The van der Waals surface area contributed by atoms with E-state index in [1.54, 1.807) is 18.2 Å². The number of methoxy groups -OCH3 is 1. The number of rotatable bonds is 6. The summed E-state index contributed by atoms with van der Waals surface area (Å²) in [7, 11) is -2.32. The third-order valence-electron chi connectivity index (χ3n) is 3.55. The molecule has 0 aliphatic carbocycles. The van der Waals surface area contributed by atoms with Gasteiger partial charge >= 0.3 is 5.76 Å². The molecule has 0 aliphatic rings. The van der Waals surface area contributed by atoms with Crippen LogP contribution in [0.1, 0.15) is 0 Å². The van der Waals surface area contributed by atoms with Crippen molar-refractivity contribution in [1.82, 2.24) is 4.57 Å². The van der Waals surface area contributed by atoms with Gasteiger partial charge in [-0.15, -0.1) is 0 Å². The summed E-state index contributed by atoms with van der Waals surface area (Å²) in [5.74, 6) is -0.565. The maximum absolute atomic E-state index is 12.5. The Hall–Kier alpha value is -2.29. The van der Waals surface area contributed by atoms with Crippen molar-refractivity contribution in [3.05, 3.63) is 58.0 Å². The monoisotopic (exact) mass is 382 g/mol. The minimum atomic E-state index is -3.85. The summed E-state index contributed by atoms with van der Waals surface area (Å²) in [4.78, 5) is 11.9. The number of nitrogens with zero attached hydrogens (tertiary/aromatic N) is 1. The first kappa shape index (κ1) is 17.5. The zero-order chi connectivity index (χ0) is 18.0. The summed E-state index contributed by atoms with van der Waals surface area (Å²) in [5.41, 5.74) is 1.03. The minimum absolute atomic E-state index is 0.0207. The number of nitrogens with one attached hydrogen (secondary N) is 1. The topological polar surface area (TPSA) is 90.5 Å². The van der Waals surface area contributed by atoms with Crippen LogP contribution in [0.3, 0.4) is 0 Å². The van der Waals surface area contributed by atoms with E-state index in [4.69, 9.17) is 20.8 Å². The number of anilines is 1. The molecule has 1 N–H and O–H groups in total. The molecule has 0 bridgehead atoms. The van der Waals surface area contributed by atoms with Crippen LogP contribution in [-0.2, 0) is 21.3 Å². The summed E-state index contributed by atoms with van der Waals surface area (Å²) in [6.45, 7) is 0.653. The van der Waals surface area contributed by atoms with Gasteiger partial charge in [0.05, 0.1) is 29.3 Å². The molecule has 2 aromatic carbocycles. The quantitative estimate of drug-likeness (QED) is 0.707. The lowest BCUT2D eigenvalue weighted by molar-refractivity contribution is 0.186. The van der Waals surface area contributed by atoms with Crippen LogP contribution >= 0.6 is 11.6 Å². The van der Waals surface area contributed by atoms with Crippen molar-refractivity contribution in [3.63, 3.8) is 0 Å². The molecule has 7 nitrogen and oxygen atoms in total. The van der Waals surface area contributed by atoms with Crippen LogP contribution in [0, 0.1) is 0 Å². The molecule has 3 rings (SSSR count). The first-order valence-electron chi connectivity index (χ1n) is 7.31. The molecule has 132 valence electrons. The van der Waals surface area contributed by atoms with Crippen molar-refractivity contribution in [2.24, 2.45) is 0 Å². The van der Waals surface area contributed by atoms with E-state index in [2.05, 4.69) is 4.72 Å². The van der Waals surface area contributed by atoms with E-state index < -0.39 is 15.8 Å². The van der Waals surface area contributed by atoms with Gasteiger partial charge in [-0.25, -0.2) is 13.2 Å². The van der Waals surface area contributed by atoms with Crippen molar-refractivity contribution in [2.45, 2.75) is 11.4 Å². The molecule has 3 aromatic rings. The molecule has 0 radical (unpaired) electrons. The highest BCUT2D eigenvalue weighted by molar-refractivity contribution is 7.92. The summed E-state index contributed by atoms with van der Waals surface area (Å²) in [6, 6.07) is 10.6. The smallest absolute Gasteiger partial charge is 0.408 e. The molecule has 25 heavy (non-hydrogen) atoms. The Morgan fingerprint density at radius 3 is 2.76 bits per heavy atom. The number of fused-ring (bicyclic) bond motifs is 1. The van der Waals surface area contributed by atoms with Gasteiger partial charge in [-0.3, -0.25) is 9.29 Å². The highest BCUT2D eigenvalue weighted by atomic mass is 35.5.